The third-order valence-electron chi connectivity index (χ3n) is 2.30. The highest BCUT2D eigenvalue weighted by Gasteiger charge is 2.22. The molecule has 1 unspecified atom stereocenters. The molecule has 5 nitrogen and oxygen atoms in total. The Morgan fingerprint density at radius 1 is 1.73 bits per heavy atom. The third-order valence-corrected chi connectivity index (χ3v) is 2.30. The number of aromatic carboxylic acids is 1. The first-order valence-electron chi connectivity index (χ1n) is 4.69. The van der Waals surface area contributed by atoms with Gasteiger partial charge in [0.15, 0.2) is 11.6 Å². The van der Waals surface area contributed by atoms with Crippen molar-refractivity contribution in [2.45, 2.75) is 13.0 Å². The molecule has 0 amide bonds. The number of pyridine rings is 1. The minimum absolute atomic E-state index is 0.0494. The first kappa shape index (κ1) is 9.76. The summed E-state index contributed by atoms with van der Waals surface area (Å²) in [6.07, 6.45) is 1.39. The number of carbonyl (C=O) groups is 1. The zero-order chi connectivity index (χ0) is 11.0. The highest BCUT2D eigenvalue weighted by Crippen LogP contribution is 2.30. The van der Waals surface area contributed by atoms with E-state index in [2.05, 4.69) is 4.98 Å². The van der Waals surface area contributed by atoms with Gasteiger partial charge in [-0.3, -0.25) is 0 Å². The molecule has 0 fully saturated rings. The van der Waals surface area contributed by atoms with Crippen LogP contribution < -0.4 is 9.64 Å². The molecule has 5 heteroatoms. The molecular weight excluding hydrogens is 196 g/mol. The van der Waals surface area contributed by atoms with Crippen molar-refractivity contribution in [2.75, 3.05) is 18.5 Å². The fraction of sp³-hybridized carbons (Fsp3) is 0.400. The van der Waals surface area contributed by atoms with Gasteiger partial charge in [0.2, 0.25) is 0 Å². The fourth-order valence-electron chi connectivity index (χ4n) is 1.65. The average molecular weight is 208 g/mol. The molecule has 0 bridgehead atoms. The van der Waals surface area contributed by atoms with Crippen molar-refractivity contribution in [1.82, 2.24) is 4.98 Å². The normalized spacial score (nSPS) is 19.3. The second-order valence-electron chi connectivity index (χ2n) is 3.66. The zero-order valence-electron chi connectivity index (χ0n) is 8.60. The van der Waals surface area contributed by atoms with E-state index in [9.17, 15) is 4.79 Å². The number of hydrogen-bond acceptors (Lipinski definition) is 4. The van der Waals surface area contributed by atoms with Crippen LogP contribution in [0.2, 0.25) is 0 Å². The third kappa shape index (κ3) is 1.72. The number of carboxylic acids is 1. The van der Waals surface area contributed by atoms with E-state index in [1.807, 2.05) is 18.9 Å². The minimum Gasteiger partial charge on any atom is -0.485 e. The summed E-state index contributed by atoms with van der Waals surface area (Å²) < 4.78 is 5.53. The van der Waals surface area contributed by atoms with E-state index < -0.39 is 5.97 Å². The van der Waals surface area contributed by atoms with Crippen LogP contribution in [0.25, 0.3) is 0 Å². The molecule has 2 rings (SSSR count). The van der Waals surface area contributed by atoms with Crippen molar-refractivity contribution >= 4 is 11.8 Å². The molecule has 0 aromatic carbocycles. The molecule has 1 atom stereocenters. The van der Waals surface area contributed by atoms with Crippen LogP contribution in [0.3, 0.4) is 0 Å². The molecule has 0 radical (unpaired) electrons. The van der Waals surface area contributed by atoms with Gasteiger partial charge in [0.05, 0.1) is 12.1 Å². The van der Waals surface area contributed by atoms with Crippen LogP contribution in [-0.2, 0) is 0 Å². The summed E-state index contributed by atoms with van der Waals surface area (Å²) in [5.41, 5.74) is 0.149. The highest BCUT2D eigenvalue weighted by atomic mass is 16.5. The summed E-state index contributed by atoms with van der Waals surface area (Å²) in [5.74, 6) is 0.240. The lowest BCUT2D eigenvalue weighted by molar-refractivity contribution is 0.0695. The lowest BCUT2D eigenvalue weighted by Gasteiger charge is -2.30. The maximum absolute atomic E-state index is 10.7. The SMILES string of the molecule is CC1CN(C)c2ncc(C(=O)O)cc2O1. The standard InChI is InChI=1S/C10H12N2O3/c1-6-5-12(2)9-8(15-6)3-7(4-11-9)10(13)14/h3-4,6H,5H2,1-2H3,(H,13,14). The van der Waals surface area contributed by atoms with Gasteiger partial charge < -0.3 is 14.7 Å². The van der Waals surface area contributed by atoms with E-state index in [-0.39, 0.29) is 11.7 Å². The Kier molecular flexibility index (Phi) is 2.22. The summed E-state index contributed by atoms with van der Waals surface area (Å²) in [6, 6.07) is 1.51. The van der Waals surface area contributed by atoms with Gasteiger partial charge in [-0.1, -0.05) is 0 Å². The number of anilines is 1. The van der Waals surface area contributed by atoms with Crippen LogP contribution in [0.4, 0.5) is 5.82 Å². The average Bonchev–Trinajstić information content (AvgIpc) is 2.16. The smallest absolute Gasteiger partial charge is 0.337 e. The molecule has 0 saturated heterocycles. The van der Waals surface area contributed by atoms with Crippen molar-refractivity contribution in [3.8, 4) is 5.75 Å². The van der Waals surface area contributed by atoms with Gasteiger partial charge in [0.25, 0.3) is 0 Å². The maximum atomic E-state index is 10.7. The largest absolute Gasteiger partial charge is 0.485 e. The monoisotopic (exact) mass is 208 g/mol. The minimum atomic E-state index is -0.991. The number of nitrogens with zero attached hydrogens (tertiary/aromatic N) is 2. The molecule has 1 aliphatic rings. The van der Waals surface area contributed by atoms with Gasteiger partial charge in [-0.05, 0) is 6.92 Å². The van der Waals surface area contributed by atoms with Crippen molar-refractivity contribution in [2.24, 2.45) is 0 Å². The summed E-state index contributed by atoms with van der Waals surface area (Å²) >= 11 is 0. The number of ether oxygens (including phenoxy) is 1. The zero-order valence-corrected chi connectivity index (χ0v) is 8.60. The Hall–Kier alpha value is -1.78. The van der Waals surface area contributed by atoms with Crippen molar-refractivity contribution in [3.05, 3.63) is 17.8 Å². The molecule has 1 aromatic rings. The number of fused-ring (bicyclic) bond motifs is 1. The van der Waals surface area contributed by atoms with Gasteiger partial charge in [-0.25, -0.2) is 9.78 Å². The molecular formula is C10H12N2O3. The molecule has 15 heavy (non-hydrogen) atoms. The van der Waals surface area contributed by atoms with E-state index >= 15 is 0 Å². The first-order valence-corrected chi connectivity index (χ1v) is 4.69. The Morgan fingerprint density at radius 3 is 3.13 bits per heavy atom. The van der Waals surface area contributed by atoms with Crippen molar-refractivity contribution < 1.29 is 14.6 Å². The Bertz CT molecular complexity index is 406. The molecule has 1 aliphatic heterocycles. The summed E-state index contributed by atoms with van der Waals surface area (Å²) in [4.78, 5) is 16.8. The Labute approximate surface area is 87.3 Å². The van der Waals surface area contributed by atoms with E-state index in [0.29, 0.717) is 11.6 Å². The van der Waals surface area contributed by atoms with Crippen molar-refractivity contribution in [1.29, 1.82) is 0 Å². The van der Waals surface area contributed by atoms with Crippen LogP contribution in [0.15, 0.2) is 12.3 Å². The quantitative estimate of drug-likeness (QED) is 0.745. The Morgan fingerprint density at radius 2 is 2.47 bits per heavy atom. The van der Waals surface area contributed by atoms with E-state index in [1.165, 1.54) is 12.3 Å². The van der Waals surface area contributed by atoms with Crippen LogP contribution in [-0.4, -0.2) is 35.8 Å². The number of hydrogen-bond donors (Lipinski definition) is 1. The highest BCUT2D eigenvalue weighted by molar-refractivity contribution is 5.88. The van der Waals surface area contributed by atoms with Gasteiger partial charge in [-0.2, -0.15) is 0 Å². The fourth-order valence-corrected chi connectivity index (χ4v) is 1.65. The first-order chi connectivity index (χ1) is 7.08. The molecule has 0 aliphatic carbocycles. The van der Waals surface area contributed by atoms with Crippen LogP contribution >= 0.6 is 0 Å². The second-order valence-corrected chi connectivity index (χ2v) is 3.66. The number of rotatable bonds is 1. The lowest BCUT2D eigenvalue weighted by atomic mass is 10.2. The predicted molar refractivity (Wildman–Crippen MR) is 54.6 cm³/mol. The molecule has 1 aromatic heterocycles. The maximum Gasteiger partial charge on any atom is 0.337 e. The topological polar surface area (TPSA) is 62.7 Å². The summed E-state index contributed by atoms with van der Waals surface area (Å²) in [7, 11) is 1.91. The summed E-state index contributed by atoms with van der Waals surface area (Å²) in [6.45, 7) is 2.69. The van der Waals surface area contributed by atoms with Gasteiger partial charge in [0.1, 0.15) is 6.10 Å². The van der Waals surface area contributed by atoms with Crippen LogP contribution in [0.5, 0.6) is 5.75 Å². The van der Waals surface area contributed by atoms with Crippen LogP contribution in [0, 0.1) is 0 Å². The second kappa shape index (κ2) is 3.42. The summed E-state index contributed by atoms with van der Waals surface area (Å²) in [5, 5.41) is 8.81. The van der Waals surface area contributed by atoms with Gasteiger partial charge in [0, 0.05) is 19.3 Å². The lowest BCUT2D eigenvalue weighted by Crippen LogP contribution is -2.36. The van der Waals surface area contributed by atoms with E-state index in [0.717, 1.165) is 6.54 Å². The number of carboxylic acid groups (broad SMARTS) is 1. The van der Waals surface area contributed by atoms with Gasteiger partial charge >= 0.3 is 5.97 Å². The molecule has 2 heterocycles. The predicted octanol–water partition coefficient (Wildman–Crippen LogP) is 0.997. The number of likely N-dealkylation sites (N-methyl/N-ethyl adjacent to an activating group) is 1. The van der Waals surface area contributed by atoms with E-state index in [1.54, 1.807) is 0 Å². The van der Waals surface area contributed by atoms with Crippen molar-refractivity contribution in [3.63, 3.8) is 0 Å². The Balaban J connectivity index is 2.43. The number of aromatic nitrogens is 1. The molecule has 1 N–H and O–H groups in total. The van der Waals surface area contributed by atoms with E-state index in [4.69, 9.17) is 9.84 Å². The van der Waals surface area contributed by atoms with Gasteiger partial charge in [-0.15, -0.1) is 0 Å². The molecule has 0 spiro atoms. The molecule has 80 valence electrons. The van der Waals surface area contributed by atoms with Crippen LogP contribution in [0.1, 0.15) is 17.3 Å². The molecule has 0 saturated carbocycles.